The molecule has 0 N–H and O–H groups in total. The van der Waals surface area contributed by atoms with Crippen LogP contribution in [-0.4, -0.2) is 28.5 Å². The Balaban J connectivity index is 2.02. The largest absolute Gasteiger partial charge is 0.333 e. The lowest BCUT2D eigenvalue weighted by Crippen LogP contribution is -2.10. The van der Waals surface area contributed by atoms with Gasteiger partial charge in [-0.05, 0) is 25.2 Å². The summed E-state index contributed by atoms with van der Waals surface area (Å²) in [5, 5.41) is 0. The lowest BCUT2D eigenvalue weighted by atomic mass is 10.1. The number of imidazole rings is 1. The van der Waals surface area contributed by atoms with E-state index in [1.54, 1.807) is 6.20 Å². The van der Waals surface area contributed by atoms with Crippen LogP contribution in [0.4, 0.5) is 0 Å². The molecule has 3 nitrogen and oxygen atoms in total. The van der Waals surface area contributed by atoms with Gasteiger partial charge >= 0.3 is 0 Å². The molecule has 1 aromatic carbocycles. The number of hydrogen-bond donors (Lipinski definition) is 0. The Morgan fingerprint density at radius 1 is 1.12 bits per heavy atom. The van der Waals surface area contributed by atoms with Gasteiger partial charge in [0.2, 0.25) is 0 Å². The normalized spacial score (nSPS) is 10.9. The fourth-order valence-corrected chi connectivity index (χ4v) is 1.71. The Morgan fingerprint density at radius 2 is 1.81 bits per heavy atom. The van der Waals surface area contributed by atoms with E-state index >= 15 is 0 Å². The van der Waals surface area contributed by atoms with E-state index in [1.807, 2.05) is 12.5 Å². The lowest BCUT2D eigenvalue weighted by molar-refractivity contribution is 0.402. The van der Waals surface area contributed by atoms with Gasteiger partial charge in [0.25, 0.3) is 0 Å². The van der Waals surface area contributed by atoms with Crippen molar-refractivity contribution in [3.05, 3.63) is 54.1 Å². The van der Waals surface area contributed by atoms with Crippen LogP contribution in [0, 0.1) is 0 Å². The summed E-state index contributed by atoms with van der Waals surface area (Å²) in [7, 11) is 4.17. The van der Waals surface area contributed by atoms with Gasteiger partial charge in [-0.15, -0.1) is 0 Å². The smallest absolute Gasteiger partial charge is 0.0949 e. The van der Waals surface area contributed by atoms with Crippen molar-refractivity contribution in [3.8, 4) is 0 Å². The van der Waals surface area contributed by atoms with Gasteiger partial charge in [-0.3, -0.25) is 0 Å². The third kappa shape index (κ3) is 2.94. The zero-order chi connectivity index (χ0) is 11.4. The van der Waals surface area contributed by atoms with Crippen molar-refractivity contribution >= 4 is 0 Å². The third-order valence-corrected chi connectivity index (χ3v) is 2.45. The molecule has 0 fully saturated rings. The quantitative estimate of drug-likeness (QED) is 0.777. The Morgan fingerprint density at radius 3 is 2.38 bits per heavy atom. The van der Waals surface area contributed by atoms with Crippen molar-refractivity contribution in [2.45, 2.75) is 13.1 Å². The molecule has 0 amide bonds. The molecular formula is C13H17N3. The van der Waals surface area contributed by atoms with Gasteiger partial charge in [0, 0.05) is 25.5 Å². The molecule has 0 radical (unpaired) electrons. The predicted molar refractivity (Wildman–Crippen MR) is 65.2 cm³/mol. The van der Waals surface area contributed by atoms with Crippen molar-refractivity contribution in [1.29, 1.82) is 0 Å². The number of nitrogens with zero attached hydrogens (tertiary/aromatic N) is 3. The van der Waals surface area contributed by atoms with Crippen molar-refractivity contribution in [2.75, 3.05) is 14.1 Å². The highest BCUT2D eigenvalue weighted by Gasteiger charge is 1.97. The summed E-state index contributed by atoms with van der Waals surface area (Å²) in [6.07, 6.45) is 5.63. The van der Waals surface area contributed by atoms with E-state index in [2.05, 4.69) is 52.8 Å². The molecule has 84 valence electrons. The van der Waals surface area contributed by atoms with Gasteiger partial charge in [0.05, 0.1) is 6.33 Å². The first-order chi connectivity index (χ1) is 7.74. The number of hydrogen-bond acceptors (Lipinski definition) is 2. The minimum Gasteiger partial charge on any atom is -0.333 e. The van der Waals surface area contributed by atoms with Gasteiger partial charge < -0.3 is 9.47 Å². The molecule has 1 heterocycles. The fraction of sp³-hybridized carbons (Fsp3) is 0.308. The van der Waals surface area contributed by atoms with E-state index in [-0.39, 0.29) is 0 Å². The highest BCUT2D eigenvalue weighted by Crippen LogP contribution is 2.07. The summed E-state index contributed by atoms with van der Waals surface area (Å²) in [5.74, 6) is 0. The molecule has 0 aliphatic heterocycles. The zero-order valence-corrected chi connectivity index (χ0v) is 9.80. The maximum absolute atomic E-state index is 4.03. The zero-order valence-electron chi connectivity index (χ0n) is 9.80. The van der Waals surface area contributed by atoms with Gasteiger partial charge in [-0.1, -0.05) is 24.3 Å². The van der Waals surface area contributed by atoms with E-state index in [1.165, 1.54) is 11.1 Å². The molecule has 2 rings (SSSR count). The van der Waals surface area contributed by atoms with E-state index < -0.39 is 0 Å². The van der Waals surface area contributed by atoms with Crippen LogP contribution in [0.15, 0.2) is 43.0 Å². The average Bonchev–Trinajstić information content (AvgIpc) is 2.73. The van der Waals surface area contributed by atoms with Crippen LogP contribution in [0.25, 0.3) is 0 Å². The van der Waals surface area contributed by atoms with E-state index in [0.717, 1.165) is 13.1 Å². The SMILES string of the molecule is CN(C)Cc1ccc(Cn2ccnc2)cc1. The average molecular weight is 215 g/mol. The predicted octanol–water partition coefficient (Wildman–Crippen LogP) is 1.99. The van der Waals surface area contributed by atoms with Crippen LogP contribution in [0.3, 0.4) is 0 Å². The van der Waals surface area contributed by atoms with Crippen molar-refractivity contribution in [2.24, 2.45) is 0 Å². The van der Waals surface area contributed by atoms with Crippen LogP contribution >= 0.6 is 0 Å². The highest BCUT2D eigenvalue weighted by atomic mass is 15.0. The second-order valence-corrected chi connectivity index (χ2v) is 4.29. The number of rotatable bonds is 4. The first-order valence-electron chi connectivity index (χ1n) is 5.42. The number of benzene rings is 1. The van der Waals surface area contributed by atoms with Gasteiger partial charge in [0.1, 0.15) is 0 Å². The monoisotopic (exact) mass is 215 g/mol. The highest BCUT2D eigenvalue weighted by molar-refractivity contribution is 5.22. The molecule has 1 aromatic heterocycles. The van der Waals surface area contributed by atoms with Crippen molar-refractivity contribution < 1.29 is 0 Å². The first-order valence-corrected chi connectivity index (χ1v) is 5.42. The third-order valence-electron chi connectivity index (χ3n) is 2.45. The van der Waals surface area contributed by atoms with E-state index in [4.69, 9.17) is 0 Å². The minimum atomic E-state index is 0.891. The van der Waals surface area contributed by atoms with Crippen LogP contribution < -0.4 is 0 Å². The Kier molecular flexibility index (Phi) is 3.37. The second kappa shape index (κ2) is 4.94. The molecule has 0 spiro atoms. The molecule has 0 atom stereocenters. The summed E-state index contributed by atoms with van der Waals surface area (Å²) in [6, 6.07) is 8.73. The molecule has 16 heavy (non-hydrogen) atoms. The molecule has 0 bridgehead atoms. The van der Waals surface area contributed by atoms with Gasteiger partial charge in [-0.25, -0.2) is 4.98 Å². The van der Waals surface area contributed by atoms with Gasteiger partial charge in [0.15, 0.2) is 0 Å². The summed E-state index contributed by atoms with van der Waals surface area (Å²) in [6.45, 7) is 1.88. The van der Waals surface area contributed by atoms with Crippen LogP contribution in [0.5, 0.6) is 0 Å². The molecule has 0 aliphatic carbocycles. The Labute approximate surface area is 96.3 Å². The number of aromatic nitrogens is 2. The molecule has 0 saturated heterocycles. The molecule has 0 saturated carbocycles. The summed E-state index contributed by atoms with van der Waals surface area (Å²) < 4.78 is 2.07. The van der Waals surface area contributed by atoms with Crippen LogP contribution in [-0.2, 0) is 13.1 Å². The molecule has 2 aromatic rings. The van der Waals surface area contributed by atoms with Crippen molar-refractivity contribution in [3.63, 3.8) is 0 Å². The van der Waals surface area contributed by atoms with Gasteiger partial charge in [-0.2, -0.15) is 0 Å². The van der Waals surface area contributed by atoms with Crippen LogP contribution in [0.2, 0.25) is 0 Å². The Hall–Kier alpha value is -1.61. The fourth-order valence-electron chi connectivity index (χ4n) is 1.71. The molecule has 0 unspecified atom stereocenters. The maximum Gasteiger partial charge on any atom is 0.0949 e. The molecule has 0 aliphatic rings. The maximum atomic E-state index is 4.03. The van der Waals surface area contributed by atoms with Crippen LogP contribution in [0.1, 0.15) is 11.1 Å². The molecular weight excluding hydrogens is 198 g/mol. The summed E-state index contributed by atoms with van der Waals surface area (Å²) in [4.78, 5) is 6.20. The topological polar surface area (TPSA) is 21.1 Å². The second-order valence-electron chi connectivity index (χ2n) is 4.29. The van der Waals surface area contributed by atoms with E-state index in [0.29, 0.717) is 0 Å². The lowest BCUT2D eigenvalue weighted by Gasteiger charge is -2.10. The van der Waals surface area contributed by atoms with Crippen molar-refractivity contribution in [1.82, 2.24) is 14.5 Å². The summed E-state index contributed by atoms with van der Waals surface area (Å²) in [5.41, 5.74) is 2.65. The Bertz CT molecular complexity index is 415. The minimum absolute atomic E-state index is 0.891. The molecule has 3 heteroatoms. The summed E-state index contributed by atoms with van der Waals surface area (Å²) >= 11 is 0. The first kappa shape index (κ1) is 10.9. The standard InChI is InChI=1S/C13H17N3/c1-15(2)9-12-3-5-13(6-4-12)10-16-8-7-14-11-16/h3-8,11H,9-10H2,1-2H3. The van der Waals surface area contributed by atoms with E-state index in [9.17, 15) is 0 Å².